The van der Waals surface area contributed by atoms with Crippen LogP contribution in [0.15, 0.2) is 6.08 Å². The first-order chi connectivity index (χ1) is 3.72. The Morgan fingerprint density at radius 1 is 1.75 bits per heavy atom. The van der Waals surface area contributed by atoms with Gasteiger partial charge >= 0.3 is 0 Å². The van der Waals surface area contributed by atoms with E-state index in [0.717, 1.165) is 0 Å². The summed E-state index contributed by atoms with van der Waals surface area (Å²) in [4.78, 5) is 0. The highest BCUT2D eigenvalue weighted by Crippen LogP contribution is 2.00. The van der Waals surface area contributed by atoms with Crippen LogP contribution in [0.4, 0.5) is 0 Å². The van der Waals surface area contributed by atoms with Crippen LogP contribution in [0.5, 0.6) is 0 Å². The van der Waals surface area contributed by atoms with Crippen molar-refractivity contribution in [2.75, 3.05) is 6.61 Å². The summed E-state index contributed by atoms with van der Waals surface area (Å²) in [6.45, 7) is 6.65. The molecular formula is C6H11O2. The zero-order valence-electron chi connectivity index (χ0n) is 4.91. The Bertz CT molecular complexity index is 70.9. The van der Waals surface area contributed by atoms with Crippen LogP contribution in [0.25, 0.3) is 0 Å². The van der Waals surface area contributed by atoms with Crippen LogP contribution in [0.3, 0.4) is 0 Å². The molecule has 2 atom stereocenters. The van der Waals surface area contributed by atoms with E-state index < -0.39 is 6.10 Å². The zero-order valence-corrected chi connectivity index (χ0v) is 4.91. The Kier molecular flexibility index (Phi) is 3.48. The van der Waals surface area contributed by atoms with Crippen LogP contribution in [0.1, 0.15) is 6.92 Å². The van der Waals surface area contributed by atoms with E-state index in [4.69, 9.17) is 16.8 Å². The molecular weight excluding hydrogens is 104 g/mol. The molecule has 1 radical (unpaired) electrons. The van der Waals surface area contributed by atoms with E-state index in [1.807, 2.05) is 0 Å². The number of hydrogen-bond acceptors (Lipinski definition) is 2. The van der Waals surface area contributed by atoms with Crippen molar-refractivity contribution in [3.8, 4) is 0 Å². The average Bonchev–Trinajstić information content (AvgIpc) is 1.84. The lowest BCUT2D eigenvalue weighted by molar-refractivity contribution is 0.111. The van der Waals surface area contributed by atoms with E-state index in [1.165, 1.54) is 6.08 Å². The van der Waals surface area contributed by atoms with Crippen molar-refractivity contribution in [2.24, 2.45) is 5.92 Å². The van der Waals surface area contributed by atoms with Crippen molar-refractivity contribution in [3.63, 3.8) is 0 Å². The molecule has 0 rings (SSSR count). The molecule has 2 unspecified atom stereocenters. The van der Waals surface area contributed by atoms with Crippen LogP contribution in [0, 0.1) is 12.5 Å². The first-order valence-electron chi connectivity index (χ1n) is 2.56. The monoisotopic (exact) mass is 115 g/mol. The average molecular weight is 115 g/mol. The molecule has 0 saturated carbocycles. The van der Waals surface area contributed by atoms with Crippen molar-refractivity contribution in [1.82, 2.24) is 0 Å². The molecule has 47 valence electrons. The Labute approximate surface area is 49.5 Å². The van der Waals surface area contributed by atoms with Gasteiger partial charge in [0.05, 0.1) is 6.10 Å². The molecule has 0 aliphatic rings. The molecule has 0 aliphatic heterocycles. The standard InChI is InChI=1S/C6H11O2/c1-3-6(8)5(2)4-7/h1,3,5-8H,4H2,2H3. The highest BCUT2D eigenvalue weighted by atomic mass is 16.3. The minimum absolute atomic E-state index is 0.0329. The highest BCUT2D eigenvalue weighted by molar-refractivity contribution is 4.79. The van der Waals surface area contributed by atoms with Crippen LogP contribution in [-0.4, -0.2) is 22.9 Å². The van der Waals surface area contributed by atoms with Crippen molar-refractivity contribution in [2.45, 2.75) is 13.0 Å². The summed E-state index contributed by atoms with van der Waals surface area (Å²) >= 11 is 0. The van der Waals surface area contributed by atoms with Crippen molar-refractivity contribution in [1.29, 1.82) is 0 Å². The lowest BCUT2D eigenvalue weighted by atomic mass is 10.1. The maximum Gasteiger partial charge on any atom is 0.0771 e. The molecule has 0 amide bonds. The van der Waals surface area contributed by atoms with Gasteiger partial charge in [0, 0.05) is 12.5 Å². The zero-order chi connectivity index (χ0) is 6.57. The van der Waals surface area contributed by atoms with Gasteiger partial charge in [-0.25, -0.2) is 0 Å². The maximum absolute atomic E-state index is 8.79. The van der Waals surface area contributed by atoms with Crippen LogP contribution in [-0.2, 0) is 0 Å². The molecule has 0 aromatic rings. The summed E-state index contributed by atoms with van der Waals surface area (Å²) in [5, 5.41) is 17.2. The van der Waals surface area contributed by atoms with Crippen LogP contribution in [0.2, 0.25) is 0 Å². The third kappa shape index (κ3) is 2.09. The SMILES string of the molecule is [CH]=CC(O)C(C)CO. The van der Waals surface area contributed by atoms with E-state index in [-0.39, 0.29) is 12.5 Å². The lowest BCUT2D eigenvalue weighted by Crippen LogP contribution is -2.17. The van der Waals surface area contributed by atoms with Crippen LogP contribution >= 0.6 is 0 Å². The van der Waals surface area contributed by atoms with E-state index >= 15 is 0 Å². The van der Waals surface area contributed by atoms with Gasteiger partial charge in [-0.3, -0.25) is 0 Å². The molecule has 0 spiro atoms. The summed E-state index contributed by atoms with van der Waals surface area (Å²) in [6, 6.07) is 0. The molecule has 0 bridgehead atoms. The molecule has 2 nitrogen and oxygen atoms in total. The third-order valence-electron chi connectivity index (χ3n) is 1.07. The topological polar surface area (TPSA) is 40.5 Å². The highest BCUT2D eigenvalue weighted by Gasteiger charge is 2.06. The third-order valence-corrected chi connectivity index (χ3v) is 1.07. The van der Waals surface area contributed by atoms with Gasteiger partial charge in [-0.2, -0.15) is 0 Å². The van der Waals surface area contributed by atoms with Gasteiger partial charge in [-0.15, -0.1) is 0 Å². The van der Waals surface area contributed by atoms with E-state index in [2.05, 4.69) is 0 Å². The smallest absolute Gasteiger partial charge is 0.0771 e. The second-order valence-corrected chi connectivity index (χ2v) is 1.84. The number of aliphatic hydroxyl groups is 2. The largest absolute Gasteiger partial charge is 0.396 e. The molecule has 2 N–H and O–H groups in total. The minimum Gasteiger partial charge on any atom is -0.396 e. The second kappa shape index (κ2) is 3.64. The minimum atomic E-state index is -0.681. The Morgan fingerprint density at radius 2 is 2.25 bits per heavy atom. The van der Waals surface area contributed by atoms with Gasteiger partial charge in [0.2, 0.25) is 0 Å². The molecule has 0 aromatic carbocycles. The van der Waals surface area contributed by atoms with Gasteiger partial charge in [0.1, 0.15) is 0 Å². The fraction of sp³-hybridized carbons (Fsp3) is 0.667. The quantitative estimate of drug-likeness (QED) is 0.542. The first-order valence-corrected chi connectivity index (χ1v) is 2.56. The van der Waals surface area contributed by atoms with Crippen molar-refractivity contribution < 1.29 is 10.2 Å². The van der Waals surface area contributed by atoms with Crippen molar-refractivity contribution >= 4 is 0 Å². The lowest BCUT2D eigenvalue weighted by Gasteiger charge is -2.09. The predicted molar refractivity (Wildman–Crippen MR) is 31.1 cm³/mol. The molecule has 0 heterocycles. The first kappa shape index (κ1) is 7.66. The molecule has 0 aromatic heterocycles. The van der Waals surface area contributed by atoms with Crippen molar-refractivity contribution in [3.05, 3.63) is 12.7 Å². The Morgan fingerprint density at radius 3 is 2.38 bits per heavy atom. The van der Waals surface area contributed by atoms with Gasteiger partial charge in [-0.1, -0.05) is 19.6 Å². The van der Waals surface area contributed by atoms with Gasteiger partial charge in [0.15, 0.2) is 0 Å². The van der Waals surface area contributed by atoms with Gasteiger partial charge in [0.25, 0.3) is 0 Å². The molecule has 0 aliphatic carbocycles. The van der Waals surface area contributed by atoms with E-state index in [1.54, 1.807) is 6.92 Å². The molecule has 0 saturated heterocycles. The van der Waals surface area contributed by atoms with Crippen LogP contribution < -0.4 is 0 Å². The fourth-order valence-corrected chi connectivity index (χ4v) is 0.298. The molecule has 8 heavy (non-hydrogen) atoms. The number of hydrogen-bond donors (Lipinski definition) is 2. The molecule has 2 heteroatoms. The number of aliphatic hydroxyl groups excluding tert-OH is 2. The summed E-state index contributed by atoms with van der Waals surface area (Å²) in [7, 11) is 0. The van der Waals surface area contributed by atoms with E-state index in [0.29, 0.717) is 0 Å². The summed E-state index contributed by atoms with van der Waals surface area (Å²) in [6.07, 6.45) is 0.487. The molecule has 0 fully saturated rings. The van der Waals surface area contributed by atoms with Gasteiger partial charge < -0.3 is 10.2 Å². The fourth-order valence-electron chi connectivity index (χ4n) is 0.298. The summed E-state index contributed by atoms with van der Waals surface area (Å²) in [5.74, 6) is -0.153. The summed E-state index contributed by atoms with van der Waals surface area (Å²) < 4.78 is 0. The Hall–Kier alpha value is -0.340. The normalized spacial score (nSPS) is 17.4. The van der Waals surface area contributed by atoms with E-state index in [9.17, 15) is 0 Å². The Balaban J connectivity index is 3.44. The maximum atomic E-state index is 8.79. The second-order valence-electron chi connectivity index (χ2n) is 1.84. The summed E-state index contributed by atoms with van der Waals surface area (Å²) in [5.41, 5.74) is 0. The number of rotatable bonds is 3. The predicted octanol–water partition coefficient (Wildman–Crippen LogP) is -0.0351. The van der Waals surface area contributed by atoms with Gasteiger partial charge in [-0.05, 0) is 0 Å².